The van der Waals surface area contributed by atoms with Crippen molar-refractivity contribution >= 4 is 23.3 Å². The number of anilines is 1. The summed E-state index contributed by atoms with van der Waals surface area (Å²) in [5.41, 5.74) is 0.741. The third-order valence-electron chi connectivity index (χ3n) is 4.11. The van der Waals surface area contributed by atoms with E-state index >= 15 is 0 Å². The van der Waals surface area contributed by atoms with Gasteiger partial charge in [-0.2, -0.15) is 0 Å². The van der Waals surface area contributed by atoms with Crippen molar-refractivity contribution in [2.45, 2.75) is 6.92 Å². The molecular weight excluding hydrogens is 370 g/mol. The Morgan fingerprint density at radius 1 is 0.929 bits per heavy atom. The lowest BCUT2D eigenvalue weighted by atomic mass is 10.1. The van der Waals surface area contributed by atoms with E-state index in [0.29, 0.717) is 23.0 Å². The van der Waals surface area contributed by atoms with Crippen LogP contribution in [0.5, 0.6) is 23.0 Å². The second-order valence-corrected chi connectivity index (χ2v) is 6.00. The molecule has 0 aromatic heterocycles. The molecule has 2 aromatic rings. The normalized spacial score (nSPS) is 13.2. The van der Waals surface area contributed by atoms with Crippen LogP contribution in [-0.4, -0.2) is 37.9 Å². The van der Waals surface area contributed by atoms with Gasteiger partial charge in [-0.05, 0) is 31.2 Å². The maximum Gasteiger partial charge on any atom is 0.338 e. The van der Waals surface area contributed by atoms with Gasteiger partial charge < -0.3 is 29.0 Å². The molecule has 0 fully saturated rings. The molecule has 28 heavy (non-hydrogen) atoms. The minimum atomic E-state index is -0.689. The van der Waals surface area contributed by atoms with Gasteiger partial charge in [0, 0.05) is 11.6 Å². The molecule has 144 valence electrons. The van der Waals surface area contributed by atoms with E-state index in [1.807, 2.05) is 0 Å². The Labute approximate surface area is 159 Å². The summed E-state index contributed by atoms with van der Waals surface area (Å²) >= 11 is 0. The molecule has 0 saturated carbocycles. The summed E-state index contributed by atoms with van der Waals surface area (Å²) in [7, 11) is 0. The fraction of sp³-hybridized carbons (Fsp3) is 0.211. The maximum absolute atomic E-state index is 12.2. The smallest absolute Gasteiger partial charge is 0.338 e. The van der Waals surface area contributed by atoms with Gasteiger partial charge >= 0.3 is 5.97 Å². The van der Waals surface area contributed by atoms with Crippen molar-refractivity contribution in [3.63, 3.8) is 0 Å². The predicted molar refractivity (Wildman–Crippen MR) is 94.0 cm³/mol. The Morgan fingerprint density at radius 2 is 1.57 bits per heavy atom. The Kier molecular flexibility index (Phi) is 4.48. The molecule has 2 aromatic carbocycles. The number of rotatable bonds is 5. The highest BCUT2D eigenvalue weighted by Gasteiger charge is 2.21. The van der Waals surface area contributed by atoms with Crippen LogP contribution in [0.25, 0.3) is 0 Å². The summed E-state index contributed by atoms with van der Waals surface area (Å²) in [6.07, 6.45) is 0. The van der Waals surface area contributed by atoms with Gasteiger partial charge in [0.1, 0.15) is 0 Å². The minimum Gasteiger partial charge on any atom is -0.454 e. The lowest BCUT2D eigenvalue weighted by Crippen LogP contribution is -2.22. The van der Waals surface area contributed by atoms with E-state index in [4.69, 9.17) is 23.7 Å². The average Bonchev–Trinajstić information content (AvgIpc) is 3.33. The fourth-order valence-electron chi connectivity index (χ4n) is 2.76. The highest BCUT2D eigenvalue weighted by atomic mass is 16.7. The summed E-state index contributed by atoms with van der Waals surface area (Å²) < 4.78 is 25.9. The third-order valence-corrected chi connectivity index (χ3v) is 4.11. The Hall–Kier alpha value is -3.75. The molecule has 0 aliphatic carbocycles. The van der Waals surface area contributed by atoms with Gasteiger partial charge in [0.05, 0.1) is 11.3 Å². The number of benzene rings is 2. The fourth-order valence-corrected chi connectivity index (χ4v) is 2.76. The summed E-state index contributed by atoms with van der Waals surface area (Å²) in [6.45, 7) is 0.966. The predicted octanol–water partition coefficient (Wildman–Crippen LogP) is 2.14. The number of esters is 1. The van der Waals surface area contributed by atoms with Crippen molar-refractivity contribution in [3.05, 3.63) is 41.5 Å². The number of Topliss-reactive ketones (excluding diaryl/α,β-unsaturated/α-hetero) is 1. The minimum absolute atomic E-state index is 0.0389. The monoisotopic (exact) mass is 385 g/mol. The van der Waals surface area contributed by atoms with Crippen molar-refractivity contribution in [1.82, 2.24) is 0 Å². The molecule has 2 heterocycles. The van der Waals surface area contributed by atoms with E-state index in [2.05, 4.69) is 5.32 Å². The van der Waals surface area contributed by atoms with Crippen LogP contribution in [0.3, 0.4) is 0 Å². The quantitative estimate of drug-likeness (QED) is 0.616. The molecule has 0 spiro atoms. The van der Waals surface area contributed by atoms with Crippen molar-refractivity contribution < 1.29 is 38.1 Å². The number of carbonyl (C=O) groups is 3. The molecule has 2 aliphatic heterocycles. The van der Waals surface area contributed by atoms with Gasteiger partial charge in [-0.3, -0.25) is 9.59 Å². The van der Waals surface area contributed by atoms with Crippen molar-refractivity contribution in [2.75, 3.05) is 25.5 Å². The number of ketones is 1. The van der Waals surface area contributed by atoms with Crippen molar-refractivity contribution in [1.29, 1.82) is 0 Å². The molecule has 9 heteroatoms. The number of hydrogen-bond donors (Lipinski definition) is 1. The molecule has 0 bridgehead atoms. The number of ether oxygens (including phenoxy) is 5. The second kappa shape index (κ2) is 7.10. The molecule has 9 nitrogen and oxygen atoms in total. The van der Waals surface area contributed by atoms with E-state index in [-0.39, 0.29) is 36.2 Å². The Morgan fingerprint density at radius 3 is 2.29 bits per heavy atom. The van der Waals surface area contributed by atoms with E-state index in [9.17, 15) is 14.4 Å². The van der Waals surface area contributed by atoms with Crippen molar-refractivity contribution in [3.8, 4) is 23.0 Å². The largest absolute Gasteiger partial charge is 0.454 e. The average molecular weight is 385 g/mol. The van der Waals surface area contributed by atoms with Crippen LogP contribution in [0, 0.1) is 0 Å². The van der Waals surface area contributed by atoms with Crippen LogP contribution in [-0.2, 0) is 9.53 Å². The molecule has 2 aliphatic rings. The number of fused-ring (bicyclic) bond motifs is 2. The maximum atomic E-state index is 12.2. The van der Waals surface area contributed by atoms with E-state index < -0.39 is 18.5 Å². The van der Waals surface area contributed by atoms with E-state index in [0.717, 1.165) is 0 Å². The van der Waals surface area contributed by atoms with Crippen LogP contribution in [0.1, 0.15) is 27.6 Å². The Bertz CT molecular complexity index is 984. The number of carbonyl (C=O) groups excluding carboxylic acids is 3. The van der Waals surface area contributed by atoms with Gasteiger partial charge in [-0.1, -0.05) is 0 Å². The third kappa shape index (κ3) is 3.41. The zero-order valence-electron chi connectivity index (χ0n) is 14.8. The lowest BCUT2D eigenvalue weighted by Gasteiger charge is -2.11. The molecular formula is C19H15NO8. The highest BCUT2D eigenvalue weighted by molar-refractivity contribution is 6.05. The summed E-state index contributed by atoms with van der Waals surface area (Å²) in [5, 5.41) is 2.55. The molecule has 1 amide bonds. The number of hydrogen-bond acceptors (Lipinski definition) is 8. The van der Waals surface area contributed by atoms with Gasteiger partial charge in [-0.25, -0.2) is 4.79 Å². The first kappa shape index (κ1) is 17.7. The number of nitrogens with one attached hydrogen (secondary N) is 1. The van der Waals surface area contributed by atoms with Crippen LogP contribution >= 0.6 is 0 Å². The van der Waals surface area contributed by atoms with Gasteiger partial charge in [0.2, 0.25) is 13.6 Å². The summed E-state index contributed by atoms with van der Waals surface area (Å²) in [4.78, 5) is 36.2. The molecule has 0 radical (unpaired) electrons. The molecule has 0 saturated heterocycles. The first-order chi connectivity index (χ1) is 13.5. The molecule has 4 rings (SSSR count). The van der Waals surface area contributed by atoms with Crippen molar-refractivity contribution in [2.24, 2.45) is 0 Å². The van der Waals surface area contributed by atoms with Gasteiger partial charge in [0.15, 0.2) is 35.4 Å². The second-order valence-electron chi connectivity index (χ2n) is 6.00. The lowest BCUT2D eigenvalue weighted by molar-refractivity contribution is -0.119. The molecule has 0 atom stereocenters. The zero-order chi connectivity index (χ0) is 19.7. The topological polar surface area (TPSA) is 109 Å². The molecule has 0 unspecified atom stereocenters. The zero-order valence-corrected chi connectivity index (χ0v) is 14.8. The first-order valence-electron chi connectivity index (χ1n) is 8.32. The summed E-state index contributed by atoms with van der Waals surface area (Å²) in [5.74, 6) is 0.265. The molecule has 1 N–H and O–H groups in total. The van der Waals surface area contributed by atoms with Crippen LogP contribution in [0.4, 0.5) is 5.69 Å². The van der Waals surface area contributed by atoms with Crippen LogP contribution in [0.2, 0.25) is 0 Å². The van der Waals surface area contributed by atoms with Gasteiger partial charge in [0.25, 0.3) is 5.91 Å². The summed E-state index contributed by atoms with van der Waals surface area (Å²) in [6, 6.07) is 7.58. The van der Waals surface area contributed by atoms with Crippen LogP contribution < -0.4 is 24.3 Å². The Balaban J connectivity index is 1.41. The van der Waals surface area contributed by atoms with Crippen LogP contribution in [0.15, 0.2) is 30.3 Å². The van der Waals surface area contributed by atoms with Gasteiger partial charge in [-0.15, -0.1) is 0 Å². The van der Waals surface area contributed by atoms with E-state index in [1.165, 1.54) is 31.2 Å². The number of amides is 1. The standard InChI is InChI=1S/C19H15NO8/c1-10(21)12-5-16-17(28-9-27-16)6-13(12)20-18(22)7-24-19(23)11-2-3-14-15(4-11)26-8-25-14/h2-6H,7-9H2,1H3,(H,20,22). The highest BCUT2D eigenvalue weighted by Crippen LogP contribution is 2.37. The SMILES string of the molecule is CC(=O)c1cc2c(cc1NC(=O)COC(=O)c1ccc3c(c1)OCO3)OCO2. The first-order valence-corrected chi connectivity index (χ1v) is 8.32. The van der Waals surface area contributed by atoms with E-state index in [1.54, 1.807) is 6.07 Å².